The molecule has 6 heteroatoms. The molecule has 1 saturated heterocycles. The van der Waals surface area contributed by atoms with Gasteiger partial charge in [0, 0.05) is 18.2 Å². The summed E-state index contributed by atoms with van der Waals surface area (Å²) < 4.78 is 0. The maximum Gasteiger partial charge on any atom is 0.237 e. The maximum absolute atomic E-state index is 12.7. The SMILES string of the molecule is Cc1cc(O)c(Cl)cc1C(O)N1CCC[C@@H]1C(=O)NC1CCCCC1. The van der Waals surface area contributed by atoms with Gasteiger partial charge in [-0.1, -0.05) is 30.9 Å². The zero-order valence-electron chi connectivity index (χ0n) is 14.7. The van der Waals surface area contributed by atoms with Gasteiger partial charge in [-0.05, 0) is 50.3 Å². The van der Waals surface area contributed by atoms with Crippen LogP contribution in [0.1, 0.15) is 62.3 Å². The summed E-state index contributed by atoms with van der Waals surface area (Å²) in [5.74, 6) is 0.0223. The number of hydrogen-bond donors (Lipinski definition) is 3. The molecule has 25 heavy (non-hydrogen) atoms. The van der Waals surface area contributed by atoms with Gasteiger partial charge in [-0.15, -0.1) is 0 Å². The van der Waals surface area contributed by atoms with Gasteiger partial charge in [-0.2, -0.15) is 0 Å². The van der Waals surface area contributed by atoms with Gasteiger partial charge < -0.3 is 15.5 Å². The van der Waals surface area contributed by atoms with Crippen LogP contribution < -0.4 is 5.32 Å². The largest absolute Gasteiger partial charge is 0.506 e. The van der Waals surface area contributed by atoms with Crippen LogP contribution in [0.5, 0.6) is 5.75 Å². The van der Waals surface area contributed by atoms with Crippen LogP contribution in [0.3, 0.4) is 0 Å². The van der Waals surface area contributed by atoms with Crippen molar-refractivity contribution in [3.63, 3.8) is 0 Å². The standard InChI is InChI=1S/C19H27ClN2O3/c1-12-10-17(23)15(20)11-14(12)19(25)22-9-5-8-16(22)18(24)21-13-6-3-2-4-7-13/h10-11,13,16,19,23,25H,2-9H2,1H3,(H,21,24)/t16-,19?/m1/s1. The van der Waals surface area contributed by atoms with E-state index in [1.54, 1.807) is 12.1 Å². The highest BCUT2D eigenvalue weighted by Gasteiger charge is 2.36. The van der Waals surface area contributed by atoms with E-state index in [1.807, 2.05) is 11.8 Å². The van der Waals surface area contributed by atoms with E-state index in [4.69, 9.17) is 11.6 Å². The predicted molar refractivity (Wildman–Crippen MR) is 97.6 cm³/mol. The summed E-state index contributed by atoms with van der Waals surface area (Å²) in [6.07, 6.45) is 6.43. The number of phenolic OH excluding ortho intramolecular Hbond substituents is 1. The number of amides is 1. The van der Waals surface area contributed by atoms with Gasteiger partial charge in [-0.3, -0.25) is 9.69 Å². The fourth-order valence-corrected chi connectivity index (χ4v) is 4.22. The van der Waals surface area contributed by atoms with Gasteiger partial charge in [-0.25, -0.2) is 0 Å². The fraction of sp³-hybridized carbons (Fsp3) is 0.632. The van der Waals surface area contributed by atoms with Gasteiger partial charge in [0.2, 0.25) is 5.91 Å². The van der Waals surface area contributed by atoms with Crippen molar-refractivity contribution in [1.29, 1.82) is 0 Å². The number of rotatable bonds is 4. The highest BCUT2D eigenvalue weighted by atomic mass is 35.5. The first-order valence-electron chi connectivity index (χ1n) is 9.20. The molecule has 0 radical (unpaired) electrons. The molecule has 1 amide bonds. The van der Waals surface area contributed by atoms with Crippen LogP contribution in [0.2, 0.25) is 5.02 Å². The van der Waals surface area contributed by atoms with Crippen molar-refractivity contribution in [2.75, 3.05) is 6.54 Å². The number of aliphatic hydroxyl groups excluding tert-OH is 1. The number of carbonyl (C=O) groups is 1. The number of phenols is 1. The zero-order chi connectivity index (χ0) is 18.0. The maximum atomic E-state index is 12.7. The van der Waals surface area contributed by atoms with E-state index in [9.17, 15) is 15.0 Å². The summed E-state index contributed by atoms with van der Waals surface area (Å²) in [4.78, 5) is 14.6. The molecule has 0 bridgehead atoms. The van der Waals surface area contributed by atoms with Crippen molar-refractivity contribution in [2.24, 2.45) is 0 Å². The number of benzene rings is 1. The lowest BCUT2D eigenvalue weighted by Gasteiger charge is -2.31. The molecule has 0 aromatic heterocycles. The number of aromatic hydroxyl groups is 1. The first-order chi connectivity index (χ1) is 12.0. The third-order valence-corrected chi connectivity index (χ3v) is 5.78. The minimum atomic E-state index is -0.900. The highest BCUT2D eigenvalue weighted by molar-refractivity contribution is 6.32. The topological polar surface area (TPSA) is 72.8 Å². The number of likely N-dealkylation sites (tertiary alicyclic amines) is 1. The molecule has 2 aliphatic rings. The summed E-state index contributed by atoms with van der Waals surface area (Å²) in [6, 6.07) is 3.09. The van der Waals surface area contributed by atoms with Crippen LogP contribution in [0.4, 0.5) is 0 Å². The summed E-state index contributed by atoms with van der Waals surface area (Å²) in [7, 11) is 0. The van der Waals surface area contributed by atoms with Crippen molar-refractivity contribution in [1.82, 2.24) is 10.2 Å². The van der Waals surface area contributed by atoms with E-state index in [0.29, 0.717) is 12.1 Å². The Morgan fingerprint density at radius 3 is 2.68 bits per heavy atom. The smallest absolute Gasteiger partial charge is 0.237 e. The van der Waals surface area contributed by atoms with Crippen LogP contribution in [0, 0.1) is 6.92 Å². The second-order valence-electron chi connectivity index (χ2n) is 7.27. The Balaban J connectivity index is 1.72. The van der Waals surface area contributed by atoms with Crippen LogP contribution in [0.15, 0.2) is 12.1 Å². The van der Waals surface area contributed by atoms with E-state index in [-0.39, 0.29) is 28.8 Å². The molecule has 1 heterocycles. The second-order valence-corrected chi connectivity index (χ2v) is 7.68. The number of nitrogens with zero attached hydrogens (tertiary/aromatic N) is 1. The summed E-state index contributed by atoms with van der Waals surface area (Å²) >= 11 is 6.01. The lowest BCUT2D eigenvalue weighted by atomic mass is 9.95. The number of halogens is 1. The number of hydrogen-bond acceptors (Lipinski definition) is 4. The normalized spacial score (nSPS) is 23.6. The Hall–Kier alpha value is -1.30. The molecule has 5 nitrogen and oxygen atoms in total. The highest BCUT2D eigenvalue weighted by Crippen LogP contribution is 2.34. The van der Waals surface area contributed by atoms with Gasteiger partial charge >= 0.3 is 0 Å². The van der Waals surface area contributed by atoms with E-state index < -0.39 is 6.23 Å². The first-order valence-corrected chi connectivity index (χ1v) is 9.58. The van der Waals surface area contributed by atoms with Gasteiger partial charge in [0.15, 0.2) is 0 Å². The third kappa shape index (κ3) is 4.10. The molecule has 1 aromatic carbocycles. The molecule has 1 unspecified atom stereocenters. The summed E-state index contributed by atoms with van der Waals surface area (Å²) in [6.45, 7) is 2.49. The average molecular weight is 367 g/mol. The zero-order valence-corrected chi connectivity index (χ0v) is 15.4. The molecule has 1 aliphatic carbocycles. The molecule has 1 saturated carbocycles. The molecule has 3 N–H and O–H groups in total. The minimum absolute atomic E-state index is 0.00290. The van der Waals surface area contributed by atoms with E-state index >= 15 is 0 Å². The summed E-state index contributed by atoms with van der Waals surface area (Å²) in [5.41, 5.74) is 1.40. The van der Waals surface area contributed by atoms with Crippen molar-refractivity contribution in [3.8, 4) is 5.75 Å². The number of aryl methyl sites for hydroxylation is 1. The molecule has 1 aliphatic heterocycles. The number of carbonyl (C=O) groups excluding carboxylic acids is 1. The van der Waals surface area contributed by atoms with Crippen molar-refractivity contribution < 1.29 is 15.0 Å². The molecule has 0 spiro atoms. The van der Waals surface area contributed by atoms with Gasteiger partial charge in [0.05, 0.1) is 11.1 Å². The molecular formula is C19H27ClN2O3. The average Bonchev–Trinajstić information content (AvgIpc) is 3.08. The molecule has 2 fully saturated rings. The fourth-order valence-electron chi connectivity index (χ4n) is 4.05. The van der Waals surface area contributed by atoms with E-state index in [0.717, 1.165) is 31.2 Å². The number of aliphatic hydroxyl groups is 1. The van der Waals surface area contributed by atoms with Crippen LogP contribution in [-0.4, -0.2) is 39.6 Å². The van der Waals surface area contributed by atoms with E-state index in [2.05, 4.69) is 5.32 Å². The van der Waals surface area contributed by atoms with Crippen LogP contribution in [0.25, 0.3) is 0 Å². The van der Waals surface area contributed by atoms with Crippen molar-refractivity contribution in [2.45, 2.75) is 70.2 Å². The summed E-state index contributed by atoms with van der Waals surface area (Å²) in [5, 5.41) is 23.9. The monoisotopic (exact) mass is 366 g/mol. The van der Waals surface area contributed by atoms with Crippen molar-refractivity contribution in [3.05, 3.63) is 28.3 Å². The van der Waals surface area contributed by atoms with Crippen LogP contribution >= 0.6 is 11.6 Å². The molecule has 2 atom stereocenters. The number of nitrogens with one attached hydrogen (secondary N) is 1. The molecular weight excluding hydrogens is 340 g/mol. The molecule has 138 valence electrons. The minimum Gasteiger partial charge on any atom is -0.506 e. The van der Waals surface area contributed by atoms with Gasteiger partial charge in [0.25, 0.3) is 0 Å². The van der Waals surface area contributed by atoms with Crippen LogP contribution in [-0.2, 0) is 4.79 Å². The third-order valence-electron chi connectivity index (χ3n) is 5.48. The Kier molecular flexibility index (Phi) is 5.87. The van der Waals surface area contributed by atoms with Crippen molar-refractivity contribution >= 4 is 17.5 Å². The Morgan fingerprint density at radius 1 is 1.24 bits per heavy atom. The molecule has 1 aromatic rings. The van der Waals surface area contributed by atoms with Gasteiger partial charge in [0.1, 0.15) is 12.0 Å². The Bertz CT molecular complexity index is 631. The Labute approximate surface area is 154 Å². The molecule has 3 rings (SSSR count). The lowest BCUT2D eigenvalue weighted by molar-refractivity contribution is -0.130. The van der Waals surface area contributed by atoms with E-state index in [1.165, 1.54) is 19.3 Å². The Morgan fingerprint density at radius 2 is 1.96 bits per heavy atom. The lowest BCUT2D eigenvalue weighted by Crippen LogP contribution is -2.48. The predicted octanol–water partition coefficient (Wildman–Crippen LogP) is 3.26. The second kappa shape index (κ2) is 7.94. The quantitative estimate of drug-likeness (QED) is 0.764. The first kappa shape index (κ1) is 18.5.